The Hall–Kier alpha value is -3.02. The maximum absolute atomic E-state index is 13.0. The summed E-state index contributed by atoms with van der Waals surface area (Å²) in [6.07, 6.45) is 1.49. The van der Waals surface area contributed by atoms with E-state index in [-0.39, 0.29) is 11.9 Å². The maximum Gasteiger partial charge on any atom is 0.311 e. The second-order valence-corrected chi connectivity index (χ2v) is 7.47. The first-order valence-electron chi connectivity index (χ1n) is 10.3. The summed E-state index contributed by atoms with van der Waals surface area (Å²) in [4.78, 5) is 27.7. The molecule has 1 aliphatic heterocycles. The van der Waals surface area contributed by atoms with Crippen LogP contribution in [-0.2, 0) is 14.3 Å². The zero-order chi connectivity index (χ0) is 21.7. The number of carbonyl (C=O) groups is 2. The number of anilines is 1. The lowest BCUT2D eigenvalue weighted by Gasteiger charge is -2.40. The fraction of sp³-hybridized carbons (Fsp3) is 0.417. The van der Waals surface area contributed by atoms with Gasteiger partial charge in [-0.15, -0.1) is 0 Å². The predicted octanol–water partition coefficient (Wildman–Crippen LogP) is 4.45. The molecule has 3 rings (SSSR count). The summed E-state index contributed by atoms with van der Waals surface area (Å²) in [6, 6.07) is 12.8. The van der Waals surface area contributed by atoms with Gasteiger partial charge in [0.2, 0.25) is 5.91 Å². The summed E-state index contributed by atoms with van der Waals surface area (Å²) in [5.74, 6) is 0.390. The molecule has 0 radical (unpaired) electrons. The van der Waals surface area contributed by atoms with Crippen LogP contribution in [-0.4, -0.2) is 32.7 Å². The molecule has 1 fully saturated rings. The molecule has 1 amide bonds. The van der Waals surface area contributed by atoms with Crippen molar-refractivity contribution < 1.29 is 23.8 Å². The molecule has 0 aliphatic carbocycles. The monoisotopic (exact) mass is 411 g/mol. The molecule has 0 bridgehead atoms. The third-order valence-corrected chi connectivity index (χ3v) is 5.41. The smallest absolute Gasteiger partial charge is 0.311 e. The van der Waals surface area contributed by atoms with E-state index < -0.39 is 12.0 Å². The number of ether oxygens (including phenoxy) is 3. The maximum atomic E-state index is 13.0. The minimum Gasteiger partial charge on any atom is -0.493 e. The number of piperidine rings is 1. The molecule has 6 nitrogen and oxygen atoms in total. The third-order valence-electron chi connectivity index (χ3n) is 5.41. The van der Waals surface area contributed by atoms with Crippen LogP contribution in [0.5, 0.6) is 11.5 Å². The first-order valence-corrected chi connectivity index (χ1v) is 10.3. The average molecular weight is 411 g/mol. The molecule has 0 aromatic heterocycles. The highest BCUT2D eigenvalue weighted by Gasteiger charge is 2.42. The summed E-state index contributed by atoms with van der Waals surface area (Å²) in [6.45, 7) is 4.33. The van der Waals surface area contributed by atoms with Crippen LogP contribution in [0.4, 0.5) is 5.69 Å². The van der Waals surface area contributed by atoms with Gasteiger partial charge in [0.15, 0.2) is 11.5 Å². The van der Waals surface area contributed by atoms with Crippen LogP contribution in [0.3, 0.4) is 0 Å². The summed E-state index contributed by atoms with van der Waals surface area (Å²) in [5, 5.41) is 0. The molecule has 0 N–H and O–H groups in total. The number of carbonyl (C=O) groups excluding carboxylic acids is 2. The Morgan fingerprint density at radius 3 is 2.40 bits per heavy atom. The van der Waals surface area contributed by atoms with E-state index in [0.29, 0.717) is 30.9 Å². The van der Waals surface area contributed by atoms with Crippen LogP contribution in [0, 0.1) is 12.8 Å². The summed E-state index contributed by atoms with van der Waals surface area (Å²) in [5.41, 5.74) is 2.67. The van der Waals surface area contributed by atoms with E-state index in [0.717, 1.165) is 23.2 Å². The van der Waals surface area contributed by atoms with Crippen LogP contribution < -0.4 is 14.4 Å². The van der Waals surface area contributed by atoms with Crippen LogP contribution in [0.25, 0.3) is 0 Å². The van der Waals surface area contributed by atoms with Crippen LogP contribution >= 0.6 is 0 Å². The number of amides is 1. The molecule has 2 aromatic rings. The minimum atomic E-state index is -0.488. The Labute approximate surface area is 177 Å². The van der Waals surface area contributed by atoms with Gasteiger partial charge in [0.1, 0.15) is 0 Å². The highest BCUT2D eigenvalue weighted by molar-refractivity contribution is 5.97. The van der Waals surface area contributed by atoms with Crippen molar-refractivity contribution in [3.8, 4) is 11.5 Å². The second kappa shape index (κ2) is 9.65. The Bertz CT molecular complexity index is 893. The molecule has 0 spiro atoms. The Kier molecular flexibility index (Phi) is 6.98. The van der Waals surface area contributed by atoms with Crippen molar-refractivity contribution in [2.45, 2.75) is 39.2 Å². The molecular formula is C24H29NO5. The minimum absolute atomic E-state index is 0.0156. The van der Waals surface area contributed by atoms with E-state index in [9.17, 15) is 9.59 Å². The first kappa shape index (κ1) is 21.7. The SMILES string of the molecule is CCCOC(=O)C1CCC(=O)N(c2ccc(C)cc2)C1c1ccc(OC)c(OC)c1. The Morgan fingerprint density at radius 1 is 1.07 bits per heavy atom. The van der Waals surface area contributed by atoms with Gasteiger partial charge in [0, 0.05) is 12.1 Å². The molecule has 1 aliphatic rings. The number of rotatable bonds is 7. The predicted molar refractivity (Wildman–Crippen MR) is 115 cm³/mol. The van der Waals surface area contributed by atoms with E-state index in [2.05, 4.69) is 0 Å². The first-order chi connectivity index (χ1) is 14.5. The fourth-order valence-corrected chi connectivity index (χ4v) is 3.88. The van der Waals surface area contributed by atoms with Crippen LogP contribution in [0.1, 0.15) is 43.4 Å². The average Bonchev–Trinajstić information content (AvgIpc) is 2.77. The number of esters is 1. The number of hydrogen-bond acceptors (Lipinski definition) is 5. The topological polar surface area (TPSA) is 65.1 Å². The van der Waals surface area contributed by atoms with E-state index in [1.165, 1.54) is 0 Å². The Balaban J connectivity index is 2.09. The van der Waals surface area contributed by atoms with Crippen molar-refractivity contribution in [1.29, 1.82) is 0 Å². The van der Waals surface area contributed by atoms with Crippen molar-refractivity contribution in [1.82, 2.24) is 0 Å². The van der Waals surface area contributed by atoms with Gasteiger partial charge in [-0.25, -0.2) is 0 Å². The largest absolute Gasteiger partial charge is 0.493 e. The van der Waals surface area contributed by atoms with Gasteiger partial charge in [-0.2, -0.15) is 0 Å². The lowest BCUT2D eigenvalue weighted by Crippen LogP contribution is -2.46. The van der Waals surface area contributed by atoms with Crippen molar-refractivity contribution >= 4 is 17.6 Å². The van der Waals surface area contributed by atoms with Gasteiger partial charge in [0.05, 0.1) is 32.8 Å². The number of hydrogen-bond donors (Lipinski definition) is 0. The molecule has 2 unspecified atom stereocenters. The molecule has 0 saturated carbocycles. The van der Waals surface area contributed by atoms with Crippen molar-refractivity contribution in [3.05, 3.63) is 53.6 Å². The standard InChI is InChI=1S/C24H29NO5/c1-5-14-30-24(27)19-11-13-22(26)25(18-9-6-16(2)7-10-18)23(19)17-8-12-20(28-3)21(15-17)29-4/h6-10,12,15,19,23H,5,11,13-14H2,1-4H3. The lowest BCUT2D eigenvalue weighted by atomic mass is 9.83. The summed E-state index contributed by atoms with van der Waals surface area (Å²) >= 11 is 0. The number of benzene rings is 2. The molecule has 160 valence electrons. The highest BCUT2D eigenvalue weighted by atomic mass is 16.5. The summed E-state index contributed by atoms with van der Waals surface area (Å²) in [7, 11) is 3.14. The molecular weight excluding hydrogens is 382 g/mol. The van der Waals surface area contributed by atoms with Crippen molar-refractivity contribution in [2.24, 2.45) is 5.92 Å². The van der Waals surface area contributed by atoms with E-state index >= 15 is 0 Å². The highest BCUT2D eigenvalue weighted by Crippen LogP contribution is 2.42. The molecule has 1 heterocycles. The van der Waals surface area contributed by atoms with Crippen LogP contribution in [0.15, 0.2) is 42.5 Å². The zero-order valence-electron chi connectivity index (χ0n) is 18.0. The number of nitrogens with zero attached hydrogens (tertiary/aromatic N) is 1. The van der Waals surface area contributed by atoms with E-state index in [4.69, 9.17) is 14.2 Å². The number of methoxy groups -OCH3 is 2. The quantitative estimate of drug-likeness (QED) is 0.630. The molecule has 2 aromatic carbocycles. The van der Waals surface area contributed by atoms with Gasteiger partial charge in [-0.05, 0) is 49.6 Å². The normalized spacial score (nSPS) is 18.8. The van der Waals surface area contributed by atoms with E-state index in [1.54, 1.807) is 25.2 Å². The molecule has 30 heavy (non-hydrogen) atoms. The number of aryl methyl sites for hydroxylation is 1. The lowest BCUT2D eigenvalue weighted by molar-refractivity contribution is -0.150. The van der Waals surface area contributed by atoms with Gasteiger partial charge in [-0.3, -0.25) is 9.59 Å². The molecule has 6 heteroatoms. The van der Waals surface area contributed by atoms with Crippen molar-refractivity contribution in [2.75, 3.05) is 25.7 Å². The summed E-state index contributed by atoms with van der Waals surface area (Å²) < 4.78 is 16.3. The zero-order valence-corrected chi connectivity index (χ0v) is 18.0. The Morgan fingerprint density at radius 2 is 1.77 bits per heavy atom. The van der Waals surface area contributed by atoms with Gasteiger partial charge in [-0.1, -0.05) is 30.7 Å². The fourth-order valence-electron chi connectivity index (χ4n) is 3.88. The van der Waals surface area contributed by atoms with Gasteiger partial charge >= 0.3 is 5.97 Å². The molecule has 1 saturated heterocycles. The van der Waals surface area contributed by atoms with Gasteiger partial charge in [0.25, 0.3) is 0 Å². The van der Waals surface area contributed by atoms with Crippen molar-refractivity contribution in [3.63, 3.8) is 0 Å². The van der Waals surface area contributed by atoms with E-state index in [1.807, 2.05) is 50.2 Å². The van der Waals surface area contributed by atoms with Gasteiger partial charge < -0.3 is 19.1 Å². The third kappa shape index (κ3) is 4.42. The second-order valence-electron chi connectivity index (χ2n) is 7.47. The van der Waals surface area contributed by atoms with Crippen LogP contribution in [0.2, 0.25) is 0 Å². The molecule has 2 atom stereocenters.